The van der Waals surface area contributed by atoms with Crippen LogP contribution in [0.15, 0.2) is 49.1 Å². The molecule has 0 aliphatic carbocycles. The molecular formula is C14H17N. The lowest BCUT2D eigenvalue weighted by molar-refractivity contribution is 0.337. The molecule has 0 amide bonds. The van der Waals surface area contributed by atoms with Crippen LogP contribution in [0.1, 0.15) is 12.0 Å². The van der Waals surface area contributed by atoms with E-state index in [1.165, 1.54) is 11.1 Å². The van der Waals surface area contributed by atoms with Crippen LogP contribution < -0.4 is 0 Å². The minimum atomic E-state index is 0.990. The molecule has 0 spiro atoms. The zero-order valence-corrected chi connectivity index (χ0v) is 9.02. The van der Waals surface area contributed by atoms with Gasteiger partial charge < -0.3 is 0 Å². The maximum absolute atomic E-state index is 3.79. The zero-order chi connectivity index (χ0) is 10.5. The fraction of sp³-hybridized carbons (Fsp3) is 0.286. The van der Waals surface area contributed by atoms with Gasteiger partial charge in [-0.05, 0) is 17.6 Å². The van der Waals surface area contributed by atoms with Crippen molar-refractivity contribution in [2.75, 3.05) is 19.6 Å². The second-order valence-electron chi connectivity index (χ2n) is 3.91. The monoisotopic (exact) mass is 199 g/mol. The van der Waals surface area contributed by atoms with Crippen molar-refractivity contribution < 1.29 is 0 Å². The average Bonchev–Trinajstić information content (AvgIpc) is 2.31. The van der Waals surface area contributed by atoms with E-state index in [2.05, 4.69) is 47.9 Å². The largest absolute Gasteiger partial charge is 0.295 e. The summed E-state index contributed by atoms with van der Waals surface area (Å²) in [5.41, 5.74) is 2.80. The third-order valence-corrected chi connectivity index (χ3v) is 2.76. The van der Waals surface area contributed by atoms with Gasteiger partial charge in [-0.1, -0.05) is 42.5 Å². The minimum absolute atomic E-state index is 0.990. The van der Waals surface area contributed by atoms with Gasteiger partial charge in [0.2, 0.25) is 0 Å². The van der Waals surface area contributed by atoms with E-state index in [0.717, 1.165) is 26.1 Å². The molecule has 78 valence electrons. The summed E-state index contributed by atoms with van der Waals surface area (Å²) >= 11 is 0. The predicted molar refractivity (Wildman–Crippen MR) is 65.7 cm³/mol. The van der Waals surface area contributed by atoms with E-state index in [1.54, 1.807) is 0 Å². The first-order valence-corrected chi connectivity index (χ1v) is 5.48. The molecule has 0 saturated carbocycles. The average molecular weight is 199 g/mol. The van der Waals surface area contributed by atoms with E-state index < -0.39 is 0 Å². The van der Waals surface area contributed by atoms with Gasteiger partial charge in [0.15, 0.2) is 0 Å². The van der Waals surface area contributed by atoms with Gasteiger partial charge in [-0.15, -0.1) is 6.58 Å². The maximum atomic E-state index is 3.79. The quantitative estimate of drug-likeness (QED) is 0.676. The Kier molecular flexibility index (Phi) is 3.36. The molecule has 1 heteroatoms. The van der Waals surface area contributed by atoms with E-state index in [4.69, 9.17) is 0 Å². The maximum Gasteiger partial charge on any atom is 0.0239 e. The highest BCUT2D eigenvalue weighted by atomic mass is 15.1. The molecular weight excluding hydrogens is 182 g/mol. The van der Waals surface area contributed by atoms with Gasteiger partial charge in [-0.2, -0.15) is 0 Å². The van der Waals surface area contributed by atoms with Crippen molar-refractivity contribution in [3.63, 3.8) is 0 Å². The minimum Gasteiger partial charge on any atom is -0.295 e. The molecule has 2 rings (SSSR count). The molecule has 0 fully saturated rings. The Morgan fingerprint density at radius 1 is 1.27 bits per heavy atom. The Labute approximate surface area is 91.7 Å². The molecule has 15 heavy (non-hydrogen) atoms. The van der Waals surface area contributed by atoms with Crippen LogP contribution in [0.2, 0.25) is 0 Å². The van der Waals surface area contributed by atoms with Gasteiger partial charge in [0, 0.05) is 19.6 Å². The molecule has 0 aromatic heterocycles. The highest BCUT2D eigenvalue weighted by molar-refractivity contribution is 5.67. The molecule has 1 aromatic carbocycles. The summed E-state index contributed by atoms with van der Waals surface area (Å²) in [6.07, 6.45) is 5.49. The highest BCUT2D eigenvalue weighted by Gasteiger charge is 2.11. The third-order valence-electron chi connectivity index (χ3n) is 2.76. The Morgan fingerprint density at radius 3 is 2.80 bits per heavy atom. The van der Waals surface area contributed by atoms with Crippen molar-refractivity contribution in [3.05, 3.63) is 54.6 Å². The van der Waals surface area contributed by atoms with Crippen molar-refractivity contribution in [1.82, 2.24) is 4.90 Å². The lowest BCUT2D eigenvalue weighted by Crippen LogP contribution is -2.29. The SMILES string of the molecule is C=CCN1CCC=C(c2ccccc2)C1. The Morgan fingerprint density at radius 2 is 2.07 bits per heavy atom. The van der Waals surface area contributed by atoms with Crippen molar-refractivity contribution in [2.24, 2.45) is 0 Å². The summed E-state index contributed by atoms with van der Waals surface area (Å²) in [7, 11) is 0. The smallest absolute Gasteiger partial charge is 0.0239 e. The third kappa shape index (κ3) is 2.57. The number of hydrogen-bond acceptors (Lipinski definition) is 1. The van der Waals surface area contributed by atoms with Gasteiger partial charge in [0.25, 0.3) is 0 Å². The van der Waals surface area contributed by atoms with Gasteiger partial charge >= 0.3 is 0 Å². The molecule has 1 aliphatic heterocycles. The fourth-order valence-corrected chi connectivity index (χ4v) is 2.01. The molecule has 1 heterocycles. The van der Waals surface area contributed by atoms with Crippen molar-refractivity contribution >= 4 is 5.57 Å². The number of benzene rings is 1. The van der Waals surface area contributed by atoms with Crippen molar-refractivity contribution in [1.29, 1.82) is 0 Å². The van der Waals surface area contributed by atoms with Crippen LogP contribution in [-0.4, -0.2) is 24.5 Å². The van der Waals surface area contributed by atoms with E-state index in [1.807, 2.05) is 6.08 Å². The van der Waals surface area contributed by atoms with Crippen molar-refractivity contribution in [3.8, 4) is 0 Å². The molecule has 1 aromatic rings. The molecule has 0 bridgehead atoms. The molecule has 0 unspecified atom stereocenters. The van der Waals surface area contributed by atoms with Crippen LogP contribution >= 0.6 is 0 Å². The molecule has 1 aliphatic rings. The Balaban J connectivity index is 2.10. The van der Waals surface area contributed by atoms with Crippen LogP contribution in [-0.2, 0) is 0 Å². The molecule has 0 N–H and O–H groups in total. The van der Waals surface area contributed by atoms with Crippen LogP contribution in [0.5, 0.6) is 0 Å². The summed E-state index contributed by atoms with van der Waals surface area (Å²) in [5.74, 6) is 0. The highest BCUT2D eigenvalue weighted by Crippen LogP contribution is 2.20. The number of hydrogen-bond donors (Lipinski definition) is 0. The standard InChI is InChI=1S/C14H17N/c1-2-10-15-11-6-9-14(12-15)13-7-4-3-5-8-13/h2-5,7-9H,1,6,10-12H2. The van der Waals surface area contributed by atoms with E-state index in [0.29, 0.717) is 0 Å². The van der Waals surface area contributed by atoms with E-state index in [-0.39, 0.29) is 0 Å². The van der Waals surface area contributed by atoms with E-state index >= 15 is 0 Å². The van der Waals surface area contributed by atoms with Crippen molar-refractivity contribution in [2.45, 2.75) is 6.42 Å². The van der Waals surface area contributed by atoms with Gasteiger partial charge in [-0.25, -0.2) is 0 Å². The summed E-state index contributed by atoms with van der Waals surface area (Å²) < 4.78 is 0. The van der Waals surface area contributed by atoms with Crippen LogP contribution in [0, 0.1) is 0 Å². The molecule has 1 nitrogen and oxygen atoms in total. The topological polar surface area (TPSA) is 3.24 Å². The number of rotatable bonds is 3. The van der Waals surface area contributed by atoms with Crippen LogP contribution in [0.3, 0.4) is 0 Å². The first-order chi connectivity index (χ1) is 7.40. The first kappa shape index (κ1) is 10.2. The second kappa shape index (κ2) is 4.94. The summed E-state index contributed by atoms with van der Waals surface area (Å²) in [6.45, 7) is 6.99. The Bertz CT molecular complexity index is 351. The molecule has 0 radical (unpaired) electrons. The number of nitrogens with zero attached hydrogens (tertiary/aromatic N) is 1. The van der Waals surface area contributed by atoms with E-state index in [9.17, 15) is 0 Å². The Hall–Kier alpha value is -1.34. The predicted octanol–water partition coefficient (Wildman–Crippen LogP) is 2.96. The summed E-state index contributed by atoms with van der Waals surface area (Å²) in [6, 6.07) is 10.6. The van der Waals surface area contributed by atoms with Crippen LogP contribution in [0.4, 0.5) is 0 Å². The normalized spacial score (nSPS) is 17.2. The zero-order valence-electron chi connectivity index (χ0n) is 9.02. The first-order valence-electron chi connectivity index (χ1n) is 5.48. The van der Waals surface area contributed by atoms with Gasteiger partial charge in [0.1, 0.15) is 0 Å². The molecule has 0 atom stereocenters. The van der Waals surface area contributed by atoms with Gasteiger partial charge in [-0.3, -0.25) is 4.90 Å². The molecule has 0 saturated heterocycles. The fourth-order valence-electron chi connectivity index (χ4n) is 2.01. The summed E-state index contributed by atoms with van der Waals surface area (Å²) in [5, 5.41) is 0. The summed E-state index contributed by atoms with van der Waals surface area (Å²) in [4.78, 5) is 2.43. The lowest BCUT2D eigenvalue weighted by Gasteiger charge is -2.26. The lowest BCUT2D eigenvalue weighted by atomic mass is 10.0. The van der Waals surface area contributed by atoms with Crippen LogP contribution in [0.25, 0.3) is 5.57 Å². The second-order valence-corrected chi connectivity index (χ2v) is 3.91. The van der Waals surface area contributed by atoms with Gasteiger partial charge in [0.05, 0.1) is 0 Å².